The summed E-state index contributed by atoms with van der Waals surface area (Å²) < 4.78 is 1.18. The first-order chi connectivity index (χ1) is 10.7. The summed E-state index contributed by atoms with van der Waals surface area (Å²) in [5.74, 6) is 1.07. The summed E-state index contributed by atoms with van der Waals surface area (Å²) in [4.78, 5) is 16.4. The Hall–Kier alpha value is -1.51. The number of hydrogen-bond acceptors (Lipinski definition) is 7. The number of benzene rings is 1. The average molecular weight is 350 g/mol. The molecule has 114 valence electrons. The zero-order valence-electron chi connectivity index (χ0n) is 11.9. The van der Waals surface area contributed by atoms with Gasteiger partial charge in [-0.05, 0) is 18.6 Å². The quantitative estimate of drug-likeness (QED) is 0.736. The van der Waals surface area contributed by atoms with Gasteiger partial charge in [0.1, 0.15) is 10.0 Å². The molecule has 0 aliphatic carbocycles. The van der Waals surface area contributed by atoms with E-state index in [4.69, 9.17) is 0 Å². The maximum atomic E-state index is 11.9. The van der Waals surface area contributed by atoms with Crippen molar-refractivity contribution in [2.75, 3.05) is 11.1 Å². The van der Waals surface area contributed by atoms with Crippen LogP contribution in [0.5, 0.6) is 0 Å². The molecule has 5 nitrogen and oxygen atoms in total. The van der Waals surface area contributed by atoms with Gasteiger partial charge in [-0.1, -0.05) is 30.4 Å². The van der Waals surface area contributed by atoms with Crippen molar-refractivity contribution < 1.29 is 4.79 Å². The fraction of sp³-hybridized carbons (Fsp3) is 0.286. The number of carbonyl (C=O) groups excluding carboxylic acids is 1. The minimum Gasteiger partial charge on any atom is -0.300 e. The fourth-order valence-electron chi connectivity index (χ4n) is 1.82. The van der Waals surface area contributed by atoms with Crippen LogP contribution in [0.3, 0.4) is 0 Å². The summed E-state index contributed by atoms with van der Waals surface area (Å²) in [6, 6.07) is 8.07. The predicted molar refractivity (Wildman–Crippen MR) is 93.7 cm³/mol. The van der Waals surface area contributed by atoms with Crippen molar-refractivity contribution in [1.82, 2.24) is 15.2 Å². The Bertz CT molecular complexity index is 750. The van der Waals surface area contributed by atoms with Crippen LogP contribution < -0.4 is 5.32 Å². The molecule has 0 fully saturated rings. The molecule has 3 rings (SSSR count). The first-order valence-corrected chi connectivity index (χ1v) is 9.58. The third kappa shape index (κ3) is 3.82. The van der Waals surface area contributed by atoms with E-state index in [1.807, 2.05) is 25.1 Å². The summed E-state index contributed by atoms with van der Waals surface area (Å²) in [6.45, 7) is 2.01. The molecule has 0 aliphatic rings. The lowest BCUT2D eigenvalue weighted by atomic mass is 10.3. The molecular weight excluding hydrogens is 336 g/mol. The van der Waals surface area contributed by atoms with Gasteiger partial charge in [-0.25, -0.2) is 4.98 Å². The number of nitrogens with zero attached hydrogens (tertiary/aromatic N) is 3. The molecule has 1 aromatic carbocycles. The van der Waals surface area contributed by atoms with E-state index in [1.165, 1.54) is 16.0 Å². The van der Waals surface area contributed by atoms with Crippen molar-refractivity contribution in [3.8, 4) is 0 Å². The van der Waals surface area contributed by atoms with Crippen LogP contribution in [0.1, 0.15) is 16.9 Å². The van der Waals surface area contributed by atoms with Crippen molar-refractivity contribution in [3.05, 3.63) is 34.3 Å². The zero-order valence-corrected chi connectivity index (χ0v) is 14.4. The van der Waals surface area contributed by atoms with Crippen LogP contribution >= 0.6 is 34.4 Å². The molecule has 8 heteroatoms. The van der Waals surface area contributed by atoms with E-state index in [2.05, 4.69) is 26.6 Å². The number of thioether (sulfide) groups is 1. The number of carbonyl (C=O) groups is 1. The lowest BCUT2D eigenvalue weighted by Crippen LogP contribution is -2.13. The first-order valence-electron chi connectivity index (χ1n) is 6.79. The SMILES string of the molecule is CCc1nnc(NC(=O)CSCc2nc3ccccc3s2)s1. The molecule has 3 aromatic rings. The van der Waals surface area contributed by atoms with Crippen LogP contribution in [0.25, 0.3) is 10.2 Å². The van der Waals surface area contributed by atoms with E-state index in [0.717, 1.165) is 27.7 Å². The Labute approximate surface area is 140 Å². The van der Waals surface area contributed by atoms with Gasteiger partial charge in [0, 0.05) is 5.75 Å². The third-order valence-corrected chi connectivity index (χ3v) is 5.96. The maximum Gasteiger partial charge on any atom is 0.236 e. The van der Waals surface area contributed by atoms with Gasteiger partial charge >= 0.3 is 0 Å². The molecule has 22 heavy (non-hydrogen) atoms. The summed E-state index contributed by atoms with van der Waals surface area (Å²) in [6.07, 6.45) is 0.833. The Morgan fingerprint density at radius 1 is 1.23 bits per heavy atom. The minimum absolute atomic E-state index is 0.0510. The van der Waals surface area contributed by atoms with E-state index >= 15 is 0 Å². The second kappa shape index (κ2) is 7.17. The summed E-state index contributed by atoms with van der Waals surface area (Å²) in [5.41, 5.74) is 1.02. The number of fused-ring (bicyclic) bond motifs is 1. The topological polar surface area (TPSA) is 67.8 Å². The molecule has 0 saturated heterocycles. The molecule has 0 aliphatic heterocycles. The van der Waals surface area contributed by atoms with Crippen LogP contribution in [0.4, 0.5) is 5.13 Å². The number of hydrogen-bond donors (Lipinski definition) is 1. The average Bonchev–Trinajstić information content (AvgIpc) is 3.13. The lowest BCUT2D eigenvalue weighted by Gasteiger charge is -1.99. The maximum absolute atomic E-state index is 11.9. The van der Waals surface area contributed by atoms with Gasteiger partial charge in [0.15, 0.2) is 0 Å². The summed E-state index contributed by atoms with van der Waals surface area (Å²) in [5, 5.41) is 13.2. The van der Waals surface area contributed by atoms with Gasteiger partial charge in [-0.15, -0.1) is 33.3 Å². The van der Waals surface area contributed by atoms with Crippen LogP contribution in [0, 0.1) is 0 Å². The van der Waals surface area contributed by atoms with Crippen LogP contribution in [0.2, 0.25) is 0 Å². The number of aromatic nitrogens is 3. The van der Waals surface area contributed by atoms with Gasteiger partial charge in [0.05, 0.1) is 16.0 Å². The Kier molecular flexibility index (Phi) is 5.01. The molecule has 0 unspecified atom stereocenters. The number of rotatable bonds is 6. The normalized spacial score (nSPS) is 11.0. The zero-order chi connectivity index (χ0) is 15.4. The van der Waals surface area contributed by atoms with Crippen molar-refractivity contribution in [2.45, 2.75) is 19.1 Å². The Morgan fingerprint density at radius 3 is 2.86 bits per heavy atom. The van der Waals surface area contributed by atoms with Crippen LogP contribution in [0.15, 0.2) is 24.3 Å². The second-order valence-electron chi connectivity index (χ2n) is 4.47. The predicted octanol–water partition coefficient (Wildman–Crippen LogP) is 3.58. The highest BCUT2D eigenvalue weighted by atomic mass is 32.2. The highest BCUT2D eigenvalue weighted by Crippen LogP contribution is 2.25. The molecule has 0 atom stereocenters. The monoisotopic (exact) mass is 350 g/mol. The van der Waals surface area contributed by atoms with Gasteiger partial charge in [0.25, 0.3) is 0 Å². The van der Waals surface area contributed by atoms with E-state index in [1.54, 1.807) is 23.1 Å². The molecule has 2 heterocycles. The number of para-hydroxylation sites is 1. The molecule has 0 radical (unpaired) electrons. The lowest BCUT2D eigenvalue weighted by molar-refractivity contribution is -0.113. The van der Waals surface area contributed by atoms with E-state index in [0.29, 0.717) is 10.9 Å². The Morgan fingerprint density at radius 2 is 2.09 bits per heavy atom. The molecule has 0 bridgehead atoms. The van der Waals surface area contributed by atoms with Crippen LogP contribution in [-0.2, 0) is 17.0 Å². The number of nitrogens with one attached hydrogen (secondary N) is 1. The van der Waals surface area contributed by atoms with Crippen molar-refractivity contribution >= 4 is 55.7 Å². The molecule has 0 saturated carbocycles. The number of thiazole rings is 1. The number of amides is 1. The van der Waals surface area contributed by atoms with E-state index in [-0.39, 0.29) is 5.91 Å². The van der Waals surface area contributed by atoms with Crippen molar-refractivity contribution in [3.63, 3.8) is 0 Å². The smallest absolute Gasteiger partial charge is 0.236 e. The van der Waals surface area contributed by atoms with Gasteiger partial charge in [-0.3, -0.25) is 10.1 Å². The standard InChI is InChI=1S/C14H14N4OS3/c1-2-12-17-18-14(22-12)16-11(19)7-20-8-13-15-9-5-3-4-6-10(9)21-13/h3-6H,2,7-8H2,1H3,(H,16,18,19). The summed E-state index contributed by atoms with van der Waals surface area (Å²) >= 11 is 4.65. The van der Waals surface area contributed by atoms with Crippen molar-refractivity contribution in [1.29, 1.82) is 0 Å². The summed E-state index contributed by atoms with van der Waals surface area (Å²) in [7, 11) is 0. The molecular formula is C14H14N4OS3. The molecule has 1 N–H and O–H groups in total. The van der Waals surface area contributed by atoms with Crippen LogP contribution in [-0.4, -0.2) is 26.8 Å². The first kappa shape index (κ1) is 15.4. The number of anilines is 1. The van der Waals surface area contributed by atoms with Crippen molar-refractivity contribution in [2.24, 2.45) is 0 Å². The molecule has 2 aromatic heterocycles. The highest BCUT2D eigenvalue weighted by Gasteiger charge is 2.09. The second-order valence-corrected chi connectivity index (χ2v) is 7.63. The largest absolute Gasteiger partial charge is 0.300 e. The van der Waals surface area contributed by atoms with Gasteiger partial charge < -0.3 is 0 Å². The third-order valence-electron chi connectivity index (χ3n) is 2.81. The Balaban J connectivity index is 1.48. The van der Waals surface area contributed by atoms with Gasteiger partial charge in [0.2, 0.25) is 11.0 Å². The minimum atomic E-state index is -0.0510. The van der Waals surface area contributed by atoms with Gasteiger partial charge in [-0.2, -0.15) is 0 Å². The van der Waals surface area contributed by atoms with E-state index < -0.39 is 0 Å². The molecule has 1 amide bonds. The number of aryl methyl sites for hydroxylation is 1. The van der Waals surface area contributed by atoms with E-state index in [9.17, 15) is 4.79 Å². The fourth-order valence-corrected chi connectivity index (χ4v) is 4.36. The molecule has 0 spiro atoms. The highest BCUT2D eigenvalue weighted by molar-refractivity contribution is 7.99.